The summed E-state index contributed by atoms with van der Waals surface area (Å²) in [6.45, 7) is 0.673. The van der Waals surface area contributed by atoms with Gasteiger partial charge in [0, 0.05) is 38.2 Å². The lowest BCUT2D eigenvalue weighted by Crippen LogP contribution is -2.43. The van der Waals surface area contributed by atoms with E-state index in [0.29, 0.717) is 30.2 Å². The molecule has 1 aliphatic rings. The smallest absolute Gasteiger partial charge is 0.222 e. The molecule has 2 rings (SSSR count). The lowest BCUT2D eigenvalue weighted by atomic mass is 10.0. The molecule has 110 valence electrons. The molecular weight excluding hydrogens is 258 g/mol. The van der Waals surface area contributed by atoms with Crippen LogP contribution >= 0.6 is 0 Å². The van der Waals surface area contributed by atoms with Crippen molar-refractivity contribution in [2.45, 2.75) is 18.9 Å². The van der Waals surface area contributed by atoms with E-state index in [1.807, 2.05) is 13.1 Å². The van der Waals surface area contributed by atoms with Crippen molar-refractivity contribution >= 4 is 17.3 Å². The number of anilines is 2. The van der Waals surface area contributed by atoms with Crippen LogP contribution in [0.1, 0.15) is 12.8 Å². The molecule has 3 N–H and O–H groups in total. The maximum absolute atomic E-state index is 11.5. The van der Waals surface area contributed by atoms with E-state index in [9.17, 15) is 4.79 Å². The van der Waals surface area contributed by atoms with Gasteiger partial charge in [-0.15, -0.1) is 0 Å². The number of ether oxygens (including phenoxy) is 2. The van der Waals surface area contributed by atoms with Crippen LogP contribution in [0.25, 0.3) is 0 Å². The number of rotatable bonds is 4. The zero-order valence-electron chi connectivity index (χ0n) is 12.1. The third-order valence-corrected chi connectivity index (χ3v) is 3.54. The van der Waals surface area contributed by atoms with Crippen LogP contribution < -0.4 is 20.5 Å². The number of piperidine rings is 1. The molecule has 0 radical (unpaired) electrons. The molecule has 6 heteroatoms. The minimum atomic E-state index is 0.184. The average molecular weight is 279 g/mol. The van der Waals surface area contributed by atoms with Gasteiger partial charge in [-0.2, -0.15) is 0 Å². The van der Waals surface area contributed by atoms with Gasteiger partial charge in [0.25, 0.3) is 0 Å². The Kier molecular flexibility index (Phi) is 4.22. The Bertz CT molecular complexity index is 505. The van der Waals surface area contributed by atoms with Gasteiger partial charge in [-0.25, -0.2) is 0 Å². The van der Waals surface area contributed by atoms with Crippen LogP contribution in [0.4, 0.5) is 11.4 Å². The number of carbonyl (C=O) groups is 1. The minimum absolute atomic E-state index is 0.184. The van der Waals surface area contributed by atoms with Crippen LogP contribution in [0, 0.1) is 0 Å². The van der Waals surface area contributed by atoms with Gasteiger partial charge in [-0.05, 0) is 6.42 Å². The van der Waals surface area contributed by atoms with Crippen LogP contribution in [0.15, 0.2) is 12.1 Å². The molecule has 1 aliphatic heterocycles. The zero-order chi connectivity index (χ0) is 14.7. The van der Waals surface area contributed by atoms with Gasteiger partial charge in [-0.1, -0.05) is 0 Å². The molecule has 1 saturated heterocycles. The number of likely N-dealkylation sites (N-methyl/N-ethyl adjacent to an activating group) is 1. The van der Waals surface area contributed by atoms with Gasteiger partial charge in [0.15, 0.2) is 11.5 Å². The Morgan fingerprint density at radius 3 is 2.55 bits per heavy atom. The highest BCUT2D eigenvalue weighted by atomic mass is 16.5. The number of hydrogen-bond acceptors (Lipinski definition) is 5. The number of benzene rings is 1. The number of carbonyl (C=O) groups excluding carboxylic acids is 1. The number of nitrogens with two attached hydrogens (primary N) is 1. The quantitative estimate of drug-likeness (QED) is 0.813. The number of amides is 1. The minimum Gasteiger partial charge on any atom is -0.493 e. The molecule has 1 unspecified atom stereocenters. The second kappa shape index (κ2) is 5.90. The number of nitrogens with one attached hydrogen (secondary N) is 1. The van der Waals surface area contributed by atoms with Crippen molar-refractivity contribution in [3.8, 4) is 11.5 Å². The van der Waals surface area contributed by atoms with E-state index >= 15 is 0 Å². The predicted octanol–water partition coefficient (Wildman–Crippen LogP) is 1.32. The summed E-state index contributed by atoms with van der Waals surface area (Å²) in [7, 11) is 4.98. The van der Waals surface area contributed by atoms with Crippen molar-refractivity contribution < 1.29 is 14.3 Å². The van der Waals surface area contributed by atoms with E-state index < -0.39 is 0 Å². The van der Waals surface area contributed by atoms with Crippen molar-refractivity contribution in [1.82, 2.24) is 4.90 Å². The molecule has 1 heterocycles. The average Bonchev–Trinajstić information content (AvgIpc) is 2.44. The van der Waals surface area contributed by atoms with E-state index in [1.165, 1.54) is 0 Å². The van der Waals surface area contributed by atoms with Gasteiger partial charge >= 0.3 is 0 Å². The van der Waals surface area contributed by atoms with E-state index in [-0.39, 0.29) is 11.9 Å². The van der Waals surface area contributed by atoms with Crippen molar-refractivity contribution in [2.75, 3.05) is 38.9 Å². The summed E-state index contributed by atoms with van der Waals surface area (Å²) in [4.78, 5) is 13.2. The SMILES string of the molecule is COc1cc(N)c(NC2CCC(=O)N(C)C2)cc1OC. The first-order valence-electron chi connectivity index (χ1n) is 6.57. The van der Waals surface area contributed by atoms with Crippen LogP contribution in [0.3, 0.4) is 0 Å². The summed E-state index contributed by atoms with van der Waals surface area (Å²) in [5, 5.41) is 3.37. The molecule has 0 spiro atoms. The molecule has 1 aromatic carbocycles. The first-order chi connectivity index (χ1) is 9.55. The number of likely N-dealkylation sites (tertiary alicyclic amines) is 1. The highest BCUT2D eigenvalue weighted by molar-refractivity contribution is 5.77. The summed E-state index contributed by atoms with van der Waals surface area (Å²) < 4.78 is 10.5. The van der Waals surface area contributed by atoms with Gasteiger partial charge in [-0.3, -0.25) is 4.79 Å². The monoisotopic (exact) mass is 279 g/mol. The molecule has 1 fully saturated rings. The molecule has 0 aromatic heterocycles. The maximum Gasteiger partial charge on any atom is 0.222 e. The molecule has 1 amide bonds. The summed E-state index contributed by atoms with van der Waals surface area (Å²) in [5.41, 5.74) is 7.42. The third-order valence-electron chi connectivity index (χ3n) is 3.54. The molecule has 6 nitrogen and oxygen atoms in total. The maximum atomic E-state index is 11.5. The van der Waals surface area contributed by atoms with Crippen LogP contribution in [0.2, 0.25) is 0 Å². The molecular formula is C14H21N3O3. The highest BCUT2D eigenvalue weighted by Gasteiger charge is 2.23. The fourth-order valence-electron chi connectivity index (χ4n) is 2.37. The van der Waals surface area contributed by atoms with Gasteiger partial charge in [0.1, 0.15) is 0 Å². The summed E-state index contributed by atoms with van der Waals surface area (Å²) in [6, 6.07) is 3.75. The van der Waals surface area contributed by atoms with Crippen LogP contribution in [-0.4, -0.2) is 44.7 Å². The van der Waals surface area contributed by atoms with Crippen LogP contribution in [-0.2, 0) is 4.79 Å². The second-order valence-electron chi connectivity index (χ2n) is 4.95. The summed E-state index contributed by atoms with van der Waals surface area (Å²) in [5.74, 6) is 1.42. The molecule has 0 bridgehead atoms. The van der Waals surface area contributed by atoms with E-state index in [1.54, 1.807) is 25.2 Å². The number of methoxy groups -OCH3 is 2. The summed E-state index contributed by atoms with van der Waals surface area (Å²) >= 11 is 0. The molecule has 1 aromatic rings. The van der Waals surface area contributed by atoms with Crippen molar-refractivity contribution in [2.24, 2.45) is 0 Å². The van der Waals surface area contributed by atoms with E-state index in [2.05, 4.69) is 5.32 Å². The fourth-order valence-corrected chi connectivity index (χ4v) is 2.37. The van der Waals surface area contributed by atoms with Gasteiger partial charge < -0.3 is 25.4 Å². The number of hydrogen-bond donors (Lipinski definition) is 2. The van der Waals surface area contributed by atoms with Crippen LogP contribution in [0.5, 0.6) is 11.5 Å². The Hall–Kier alpha value is -2.11. The molecule has 1 atom stereocenters. The molecule has 20 heavy (non-hydrogen) atoms. The summed E-state index contributed by atoms with van der Waals surface area (Å²) in [6.07, 6.45) is 1.36. The van der Waals surface area contributed by atoms with Crippen molar-refractivity contribution in [3.05, 3.63) is 12.1 Å². The van der Waals surface area contributed by atoms with Crippen molar-refractivity contribution in [1.29, 1.82) is 0 Å². The predicted molar refractivity (Wildman–Crippen MR) is 78.2 cm³/mol. The standard InChI is InChI=1S/C14H21N3O3/c1-17-8-9(4-5-14(17)18)16-11-7-13(20-3)12(19-2)6-10(11)15/h6-7,9,16H,4-5,8,15H2,1-3H3. The Balaban J connectivity index is 2.15. The largest absolute Gasteiger partial charge is 0.493 e. The number of nitrogens with zero attached hydrogens (tertiary/aromatic N) is 1. The zero-order valence-corrected chi connectivity index (χ0v) is 12.1. The lowest BCUT2D eigenvalue weighted by molar-refractivity contribution is -0.132. The first kappa shape index (κ1) is 14.3. The topological polar surface area (TPSA) is 76.8 Å². The van der Waals surface area contributed by atoms with E-state index in [4.69, 9.17) is 15.2 Å². The Morgan fingerprint density at radius 1 is 1.30 bits per heavy atom. The third kappa shape index (κ3) is 2.89. The Labute approximate surface area is 118 Å². The first-order valence-corrected chi connectivity index (χ1v) is 6.57. The van der Waals surface area contributed by atoms with Crippen molar-refractivity contribution in [3.63, 3.8) is 0 Å². The second-order valence-corrected chi connectivity index (χ2v) is 4.95. The molecule has 0 aliphatic carbocycles. The normalized spacial score (nSPS) is 18.9. The lowest BCUT2D eigenvalue weighted by Gasteiger charge is -2.31. The Morgan fingerprint density at radius 2 is 1.95 bits per heavy atom. The number of nitrogen functional groups attached to an aromatic ring is 1. The van der Waals surface area contributed by atoms with Gasteiger partial charge in [0.2, 0.25) is 5.91 Å². The molecule has 0 saturated carbocycles. The van der Waals surface area contributed by atoms with Gasteiger partial charge in [0.05, 0.1) is 25.6 Å². The van der Waals surface area contributed by atoms with E-state index in [0.717, 1.165) is 12.1 Å². The highest BCUT2D eigenvalue weighted by Crippen LogP contribution is 2.35. The fraction of sp³-hybridized carbons (Fsp3) is 0.500.